The van der Waals surface area contributed by atoms with Crippen molar-refractivity contribution in [3.8, 4) is 5.88 Å². The lowest BCUT2D eigenvalue weighted by atomic mass is 9.95. The van der Waals surface area contributed by atoms with E-state index < -0.39 is 0 Å². The molecule has 1 aliphatic carbocycles. The fourth-order valence-corrected chi connectivity index (χ4v) is 4.03. The van der Waals surface area contributed by atoms with E-state index in [4.69, 9.17) is 4.74 Å². The van der Waals surface area contributed by atoms with Crippen molar-refractivity contribution in [3.05, 3.63) is 36.0 Å². The van der Waals surface area contributed by atoms with E-state index >= 15 is 0 Å². The second kappa shape index (κ2) is 6.16. The third kappa shape index (κ3) is 2.55. The van der Waals surface area contributed by atoms with Crippen molar-refractivity contribution < 1.29 is 9.53 Å². The largest absolute Gasteiger partial charge is 0.476 e. The van der Waals surface area contributed by atoms with E-state index in [2.05, 4.69) is 26.0 Å². The SMILES string of the molecule is O=C(Nc1nc2ccccc2n1C1CCCCC1)c1cc2n(n1)CCO2. The standard InChI is InChI=1S/C19H21N5O2/c25-18(15-12-17-23(22-15)10-11-26-17)21-19-20-14-8-4-5-9-16(14)24(19)13-6-2-1-3-7-13/h4-5,8-9,12-13H,1-3,6-7,10-11H2,(H,20,21,25). The summed E-state index contributed by atoms with van der Waals surface area (Å²) in [4.78, 5) is 17.4. The van der Waals surface area contributed by atoms with Crippen molar-refractivity contribution in [1.29, 1.82) is 0 Å². The predicted octanol–water partition coefficient (Wildman–Crippen LogP) is 3.38. The van der Waals surface area contributed by atoms with E-state index in [1.807, 2.05) is 18.2 Å². The summed E-state index contributed by atoms with van der Waals surface area (Å²) in [5, 5.41) is 7.31. The first-order chi connectivity index (χ1) is 12.8. The Labute approximate surface area is 151 Å². The van der Waals surface area contributed by atoms with Gasteiger partial charge in [0.2, 0.25) is 11.8 Å². The minimum atomic E-state index is -0.247. The molecule has 0 radical (unpaired) electrons. The zero-order valence-electron chi connectivity index (χ0n) is 14.5. The van der Waals surface area contributed by atoms with Gasteiger partial charge in [0.1, 0.15) is 6.61 Å². The number of aromatic nitrogens is 4. The molecule has 1 aliphatic heterocycles. The quantitative estimate of drug-likeness (QED) is 0.785. The number of nitrogens with zero attached hydrogens (tertiary/aromatic N) is 4. The summed E-state index contributed by atoms with van der Waals surface area (Å²) in [5.41, 5.74) is 2.34. The number of rotatable bonds is 3. The number of anilines is 1. The average Bonchev–Trinajstić information content (AvgIpc) is 3.35. The zero-order chi connectivity index (χ0) is 17.5. The number of benzene rings is 1. The molecule has 0 saturated heterocycles. The van der Waals surface area contributed by atoms with Crippen LogP contribution in [0.5, 0.6) is 5.88 Å². The Morgan fingerprint density at radius 3 is 2.88 bits per heavy atom. The molecule has 1 aromatic carbocycles. The highest BCUT2D eigenvalue weighted by atomic mass is 16.5. The van der Waals surface area contributed by atoms with Crippen LogP contribution >= 0.6 is 0 Å². The molecule has 2 aliphatic rings. The Kier molecular flexibility index (Phi) is 3.65. The maximum Gasteiger partial charge on any atom is 0.278 e. The smallest absolute Gasteiger partial charge is 0.278 e. The van der Waals surface area contributed by atoms with E-state index in [0.29, 0.717) is 36.7 Å². The van der Waals surface area contributed by atoms with Gasteiger partial charge in [-0.15, -0.1) is 0 Å². The molecule has 5 rings (SSSR count). The number of ether oxygens (including phenoxy) is 1. The average molecular weight is 351 g/mol. The minimum absolute atomic E-state index is 0.247. The van der Waals surface area contributed by atoms with Crippen LogP contribution in [0.1, 0.15) is 48.6 Å². The van der Waals surface area contributed by atoms with Gasteiger partial charge in [-0.3, -0.25) is 10.1 Å². The van der Waals surface area contributed by atoms with Crippen LogP contribution in [0.2, 0.25) is 0 Å². The van der Waals surface area contributed by atoms with Gasteiger partial charge < -0.3 is 9.30 Å². The van der Waals surface area contributed by atoms with Crippen molar-refractivity contribution in [3.63, 3.8) is 0 Å². The Hall–Kier alpha value is -2.83. The number of hydrogen-bond acceptors (Lipinski definition) is 4. The van der Waals surface area contributed by atoms with Crippen LogP contribution in [0.15, 0.2) is 30.3 Å². The molecule has 1 saturated carbocycles. The Bertz CT molecular complexity index is 946. The van der Waals surface area contributed by atoms with E-state index in [0.717, 1.165) is 23.9 Å². The van der Waals surface area contributed by atoms with Gasteiger partial charge >= 0.3 is 0 Å². The summed E-state index contributed by atoms with van der Waals surface area (Å²) in [6.45, 7) is 1.30. The molecule has 3 aromatic rings. The van der Waals surface area contributed by atoms with E-state index in [1.165, 1.54) is 19.3 Å². The van der Waals surface area contributed by atoms with Gasteiger partial charge in [-0.25, -0.2) is 9.67 Å². The van der Waals surface area contributed by atoms with Crippen molar-refractivity contribution in [2.75, 3.05) is 11.9 Å². The monoisotopic (exact) mass is 351 g/mol. The van der Waals surface area contributed by atoms with Crippen molar-refractivity contribution in [2.24, 2.45) is 0 Å². The van der Waals surface area contributed by atoms with Crippen LogP contribution in [0.3, 0.4) is 0 Å². The van der Waals surface area contributed by atoms with Crippen LogP contribution in [0.4, 0.5) is 5.95 Å². The maximum atomic E-state index is 12.7. The molecule has 2 aromatic heterocycles. The number of carbonyl (C=O) groups excluding carboxylic acids is 1. The number of nitrogens with one attached hydrogen (secondary N) is 1. The molecule has 0 bridgehead atoms. The fraction of sp³-hybridized carbons (Fsp3) is 0.421. The summed E-state index contributed by atoms with van der Waals surface area (Å²) in [6, 6.07) is 10.1. The molecule has 0 unspecified atom stereocenters. The number of carbonyl (C=O) groups is 1. The maximum absolute atomic E-state index is 12.7. The number of para-hydroxylation sites is 2. The highest BCUT2D eigenvalue weighted by Crippen LogP contribution is 2.34. The van der Waals surface area contributed by atoms with Crippen LogP contribution in [-0.2, 0) is 6.54 Å². The van der Waals surface area contributed by atoms with Gasteiger partial charge in [0.15, 0.2) is 5.69 Å². The van der Waals surface area contributed by atoms with Crippen molar-refractivity contribution in [2.45, 2.75) is 44.7 Å². The molecular formula is C19H21N5O2. The molecular weight excluding hydrogens is 330 g/mol. The number of amides is 1. The molecule has 7 heteroatoms. The van der Waals surface area contributed by atoms with Gasteiger partial charge in [-0.2, -0.15) is 5.10 Å². The molecule has 0 spiro atoms. The van der Waals surface area contributed by atoms with Gasteiger partial charge in [0.25, 0.3) is 5.91 Å². The molecule has 0 atom stereocenters. The summed E-state index contributed by atoms with van der Waals surface area (Å²) in [6.07, 6.45) is 5.96. The molecule has 1 N–H and O–H groups in total. The third-order valence-electron chi connectivity index (χ3n) is 5.29. The van der Waals surface area contributed by atoms with Gasteiger partial charge in [0, 0.05) is 12.1 Å². The van der Waals surface area contributed by atoms with Crippen LogP contribution in [0.25, 0.3) is 11.0 Å². The topological polar surface area (TPSA) is 74.0 Å². The number of hydrogen-bond donors (Lipinski definition) is 1. The normalized spacial score (nSPS) is 17.2. The Balaban J connectivity index is 1.50. The first kappa shape index (κ1) is 15.4. The highest BCUT2D eigenvalue weighted by Gasteiger charge is 2.24. The summed E-state index contributed by atoms with van der Waals surface area (Å²) < 4.78 is 9.37. The van der Waals surface area contributed by atoms with E-state index in [9.17, 15) is 4.79 Å². The van der Waals surface area contributed by atoms with Crippen LogP contribution in [-0.4, -0.2) is 31.8 Å². The second-order valence-electron chi connectivity index (χ2n) is 6.98. The van der Waals surface area contributed by atoms with Gasteiger partial charge in [-0.1, -0.05) is 31.4 Å². The summed E-state index contributed by atoms with van der Waals surface area (Å²) in [5.74, 6) is 1.01. The lowest BCUT2D eigenvalue weighted by molar-refractivity contribution is 0.101. The second-order valence-corrected chi connectivity index (χ2v) is 6.98. The lowest BCUT2D eigenvalue weighted by Gasteiger charge is -2.25. The van der Waals surface area contributed by atoms with Crippen LogP contribution < -0.4 is 10.1 Å². The van der Waals surface area contributed by atoms with Gasteiger partial charge in [-0.05, 0) is 25.0 Å². The predicted molar refractivity (Wildman–Crippen MR) is 97.5 cm³/mol. The summed E-state index contributed by atoms with van der Waals surface area (Å²) >= 11 is 0. The first-order valence-corrected chi connectivity index (χ1v) is 9.28. The van der Waals surface area contributed by atoms with Gasteiger partial charge in [0.05, 0.1) is 17.6 Å². The first-order valence-electron chi connectivity index (χ1n) is 9.28. The van der Waals surface area contributed by atoms with Crippen molar-refractivity contribution >= 4 is 22.9 Å². The molecule has 7 nitrogen and oxygen atoms in total. The van der Waals surface area contributed by atoms with Crippen LogP contribution in [0, 0.1) is 0 Å². The Morgan fingerprint density at radius 2 is 2.04 bits per heavy atom. The number of imidazole rings is 1. The molecule has 1 fully saturated rings. The molecule has 26 heavy (non-hydrogen) atoms. The van der Waals surface area contributed by atoms with E-state index in [1.54, 1.807) is 10.7 Å². The molecule has 3 heterocycles. The Morgan fingerprint density at radius 1 is 1.19 bits per heavy atom. The van der Waals surface area contributed by atoms with E-state index in [-0.39, 0.29) is 5.91 Å². The zero-order valence-corrected chi connectivity index (χ0v) is 14.5. The molecule has 1 amide bonds. The minimum Gasteiger partial charge on any atom is -0.476 e. The highest BCUT2D eigenvalue weighted by molar-refractivity contribution is 6.03. The molecule has 134 valence electrons. The summed E-state index contributed by atoms with van der Waals surface area (Å²) in [7, 11) is 0. The number of fused-ring (bicyclic) bond motifs is 2. The lowest BCUT2D eigenvalue weighted by Crippen LogP contribution is -2.20. The van der Waals surface area contributed by atoms with Crippen molar-refractivity contribution in [1.82, 2.24) is 19.3 Å². The third-order valence-corrected chi connectivity index (χ3v) is 5.29. The fourth-order valence-electron chi connectivity index (χ4n) is 4.03.